The van der Waals surface area contributed by atoms with Gasteiger partial charge in [-0.3, -0.25) is 9.59 Å². The number of carbonyl (C=O) groups excluding carboxylic acids is 2. The largest absolute Gasteiger partial charge is 0.310 e. The smallest absolute Gasteiger partial charge is 0.261 e. The molecule has 4 heteroatoms. The molecule has 0 radical (unpaired) electrons. The van der Waals surface area contributed by atoms with Crippen LogP contribution in [0.25, 0.3) is 76.0 Å². The molecule has 8 aromatic carbocycles. The maximum Gasteiger partial charge on any atom is 0.261 e. The Morgan fingerprint density at radius 2 is 0.659 bits per heavy atom. The summed E-state index contributed by atoms with van der Waals surface area (Å²) >= 11 is 0. The van der Waals surface area contributed by atoms with E-state index >= 15 is 0 Å². The van der Waals surface area contributed by atoms with E-state index < -0.39 is 0 Å². The maximum atomic E-state index is 14.1. The van der Waals surface area contributed by atoms with Crippen LogP contribution in [0.2, 0.25) is 0 Å². The van der Waals surface area contributed by atoms with Crippen molar-refractivity contribution in [2.24, 2.45) is 0 Å². The van der Waals surface area contributed by atoms with E-state index in [1.807, 2.05) is 0 Å². The lowest BCUT2D eigenvalue weighted by molar-refractivity contribution is -0.123. The predicted molar refractivity (Wildman–Crippen MR) is 180 cm³/mol. The number of likely N-dealkylation sites (N-methyl/N-ethyl adjacent to an activating group) is 2. The van der Waals surface area contributed by atoms with E-state index in [0.717, 1.165) is 32.7 Å². The van der Waals surface area contributed by atoms with Crippen LogP contribution in [0.15, 0.2) is 120 Å². The molecule has 206 valence electrons. The summed E-state index contributed by atoms with van der Waals surface area (Å²) in [6.45, 7) is 0. The fourth-order valence-electron chi connectivity index (χ4n) is 7.98. The Kier molecular flexibility index (Phi) is 4.32. The molecular formula is C40H24N2O2. The van der Waals surface area contributed by atoms with Gasteiger partial charge >= 0.3 is 0 Å². The van der Waals surface area contributed by atoms with Crippen LogP contribution in [0.1, 0.15) is 11.1 Å². The van der Waals surface area contributed by atoms with Crippen molar-refractivity contribution in [2.75, 3.05) is 14.1 Å². The van der Waals surface area contributed by atoms with Crippen molar-refractivity contribution in [3.05, 3.63) is 131 Å². The van der Waals surface area contributed by atoms with E-state index in [-0.39, 0.29) is 11.8 Å². The highest BCUT2D eigenvalue weighted by molar-refractivity contribution is 6.32. The Morgan fingerprint density at radius 1 is 0.386 bits per heavy atom. The molecular weight excluding hydrogens is 540 g/mol. The highest BCUT2D eigenvalue weighted by Gasteiger charge is 2.46. The maximum absolute atomic E-state index is 14.1. The molecule has 0 N–H and O–H groups in total. The molecule has 0 atom stereocenters. The quantitative estimate of drug-likeness (QED) is 0.197. The number of nitrogens with zero attached hydrogens (tertiary/aromatic N) is 2. The predicted octanol–water partition coefficient (Wildman–Crippen LogP) is 8.55. The minimum absolute atomic E-state index is 0.155. The number of carbonyl (C=O) groups is 2. The van der Waals surface area contributed by atoms with Crippen LogP contribution in [-0.4, -0.2) is 35.7 Å². The van der Waals surface area contributed by atoms with E-state index in [9.17, 15) is 9.59 Å². The van der Waals surface area contributed by atoms with Crippen LogP contribution >= 0.6 is 0 Å². The summed E-state index contributed by atoms with van der Waals surface area (Å²) in [5, 5.41) is 14.1. The van der Waals surface area contributed by atoms with Gasteiger partial charge in [-0.05, 0) is 88.9 Å². The molecule has 0 fully saturated rings. The lowest BCUT2D eigenvalue weighted by atomic mass is 9.91. The number of rotatable bonds is 2. The molecule has 0 unspecified atom stereocenters. The monoisotopic (exact) mass is 564 g/mol. The highest BCUT2D eigenvalue weighted by Crippen LogP contribution is 2.48. The third-order valence-electron chi connectivity index (χ3n) is 9.90. The first-order valence-electron chi connectivity index (χ1n) is 14.9. The topological polar surface area (TPSA) is 40.6 Å². The summed E-state index contributed by atoms with van der Waals surface area (Å²) < 4.78 is 0. The molecule has 0 saturated carbocycles. The standard InChI is InChI=1S/C40H24N2O2/c1-41-37(29-17-25-13-9-21-5-3-6-22-10-14-26(18-29)33(25)31(21)22)35-36(39(41)43)38(42(2)40(35)44)30-19-27-15-11-23-7-4-8-24-12-16-28(20-30)34(27)32(23)24/h3-20H,1-2H3. The molecule has 2 heterocycles. The number of hydrogen-bond donors (Lipinski definition) is 0. The average Bonchev–Trinajstić information content (AvgIpc) is 3.46. The number of amides is 2. The Bertz CT molecular complexity index is 2360. The second-order valence-electron chi connectivity index (χ2n) is 12.2. The summed E-state index contributed by atoms with van der Waals surface area (Å²) in [6, 6.07) is 38.5. The van der Waals surface area contributed by atoms with Gasteiger partial charge in [0, 0.05) is 25.2 Å². The highest BCUT2D eigenvalue weighted by atomic mass is 16.2. The number of hydrogen-bond acceptors (Lipinski definition) is 2. The summed E-state index contributed by atoms with van der Waals surface area (Å²) in [5.74, 6) is -0.310. The molecule has 10 rings (SSSR count). The summed E-state index contributed by atoms with van der Waals surface area (Å²) in [6.07, 6.45) is 0. The van der Waals surface area contributed by atoms with Gasteiger partial charge in [-0.25, -0.2) is 0 Å². The molecule has 0 saturated heterocycles. The van der Waals surface area contributed by atoms with E-state index in [4.69, 9.17) is 0 Å². The molecule has 2 amide bonds. The molecule has 0 aromatic heterocycles. The Hall–Kier alpha value is -5.74. The van der Waals surface area contributed by atoms with Crippen molar-refractivity contribution in [3.8, 4) is 0 Å². The fourth-order valence-corrected chi connectivity index (χ4v) is 7.98. The zero-order valence-corrected chi connectivity index (χ0v) is 24.1. The summed E-state index contributed by atoms with van der Waals surface area (Å²) in [4.78, 5) is 31.5. The molecule has 44 heavy (non-hydrogen) atoms. The van der Waals surface area contributed by atoms with Crippen molar-refractivity contribution in [1.29, 1.82) is 0 Å². The first-order valence-corrected chi connectivity index (χ1v) is 14.9. The van der Waals surface area contributed by atoms with Crippen molar-refractivity contribution in [1.82, 2.24) is 9.80 Å². The van der Waals surface area contributed by atoms with Crippen LogP contribution in [0.4, 0.5) is 0 Å². The summed E-state index contributed by atoms with van der Waals surface area (Å²) in [5.41, 5.74) is 4.03. The minimum atomic E-state index is -0.155. The average molecular weight is 565 g/mol. The van der Waals surface area contributed by atoms with E-state index in [1.165, 1.54) is 43.1 Å². The zero-order valence-electron chi connectivity index (χ0n) is 24.1. The van der Waals surface area contributed by atoms with Gasteiger partial charge in [-0.1, -0.05) is 84.9 Å². The lowest BCUT2D eigenvalue weighted by Gasteiger charge is -2.21. The SMILES string of the molecule is CN1C(=O)C2=C(c3cc4ccc5cccc6ccc(c3)c4c56)N(C)C(=O)C2=C1c1cc2ccc3cccc4ccc(c1)c2c34. The molecule has 2 aliphatic heterocycles. The minimum Gasteiger partial charge on any atom is -0.310 e. The second kappa shape index (κ2) is 8.00. The van der Waals surface area contributed by atoms with Gasteiger partial charge in [0.2, 0.25) is 0 Å². The Balaban J connectivity index is 1.23. The molecule has 0 spiro atoms. The third-order valence-corrected chi connectivity index (χ3v) is 9.90. The first-order chi connectivity index (χ1) is 21.5. The van der Waals surface area contributed by atoms with Crippen molar-refractivity contribution in [3.63, 3.8) is 0 Å². The van der Waals surface area contributed by atoms with Gasteiger partial charge in [0.05, 0.1) is 22.5 Å². The Labute approximate surface area is 252 Å². The van der Waals surface area contributed by atoms with Crippen LogP contribution in [-0.2, 0) is 9.59 Å². The van der Waals surface area contributed by atoms with Crippen LogP contribution in [0, 0.1) is 0 Å². The Morgan fingerprint density at radius 3 is 0.977 bits per heavy atom. The van der Waals surface area contributed by atoms with Gasteiger partial charge in [0.1, 0.15) is 0 Å². The third kappa shape index (κ3) is 2.83. The van der Waals surface area contributed by atoms with Gasteiger partial charge in [-0.2, -0.15) is 0 Å². The normalized spacial score (nSPS) is 15.8. The van der Waals surface area contributed by atoms with Gasteiger partial charge in [-0.15, -0.1) is 0 Å². The van der Waals surface area contributed by atoms with E-state index in [2.05, 4.69) is 109 Å². The van der Waals surface area contributed by atoms with Crippen LogP contribution in [0.5, 0.6) is 0 Å². The molecule has 0 aliphatic carbocycles. The van der Waals surface area contributed by atoms with E-state index in [0.29, 0.717) is 22.5 Å². The first kappa shape index (κ1) is 23.8. The summed E-state index contributed by atoms with van der Waals surface area (Å²) in [7, 11) is 3.57. The lowest BCUT2D eigenvalue weighted by Crippen LogP contribution is -2.25. The fraction of sp³-hybridized carbons (Fsp3) is 0.0500. The molecule has 8 aromatic rings. The molecule has 0 bridgehead atoms. The number of benzene rings is 8. The van der Waals surface area contributed by atoms with Crippen LogP contribution in [0.3, 0.4) is 0 Å². The zero-order chi connectivity index (χ0) is 29.4. The molecule has 2 aliphatic rings. The second-order valence-corrected chi connectivity index (χ2v) is 12.2. The van der Waals surface area contributed by atoms with Gasteiger partial charge in [0.25, 0.3) is 11.8 Å². The van der Waals surface area contributed by atoms with E-state index in [1.54, 1.807) is 23.9 Å². The number of fused-ring (bicyclic) bond motifs is 1. The van der Waals surface area contributed by atoms with Crippen LogP contribution < -0.4 is 0 Å². The van der Waals surface area contributed by atoms with Gasteiger partial charge in [0.15, 0.2) is 0 Å². The van der Waals surface area contributed by atoms with Crippen molar-refractivity contribution < 1.29 is 9.59 Å². The van der Waals surface area contributed by atoms with Crippen molar-refractivity contribution >= 4 is 87.8 Å². The molecule has 4 nitrogen and oxygen atoms in total. The van der Waals surface area contributed by atoms with Gasteiger partial charge < -0.3 is 9.80 Å². The van der Waals surface area contributed by atoms with Crippen molar-refractivity contribution in [2.45, 2.75) is 0 Å².